The number of hydrogen-bond donors (Lipinski definition) is 0. The number of nitro benzene ring substituents is 1. The van der Waals surface area contributed by atoms with Crippen LogP contribution in [-0.2, 0) is 0 Å². The largest absolute Gasteiger partial charge is 0.353 e. The van der Waals surface area contributed by atoms with Crippen LogP contribution in [0.2, 0.25) is 5.15 Å². The predicted molar refractivity (Wildman–Crippen MR) is 83.1 cm³/mol. The van der Waals surface area contributed by atoms with Gasteiger partial charge in [-0.3, -0.25) is 10.1 Å². The molecule has 7 heteroatoms. The fourth-order valence-corrected chi connectivity index (χ4v) is 2.82. The number of likely N-dealkylation sites (N-methyl/N-ethyl adjacent to an activating group) is 1. The molecule has 2 aromatic rings. The highest BCUT2D eigenvalue weighted by molar-refractivity contribution is 6.30. The number of rotatable bonds is 2. The van der Waals surface area contributed by atoms with Gasteiger partial charge in [0.25, 0.3) is 5.69 Å². The maximum absolute atomic E-state index is 11.2. The number of piperazine rings is 1. The van der Waals surface area contributed by atoms with Crippen molar-refractivity contribution < 1.29 is 4.92 Å². The molecule has 1 aromatic heterocycles. The number of non-ortho nitro benzene ring substituents is 1. The molecule has 6 nitrogen and oxygen atoms in total. The number of pyridine rings is 1. The Kier molecular flexibility index (Phi) is 3.65. The van der Waals surface area contributed by atoms with E-state index in [0.29, 0.717) is 5.39 Å². The molecule has 0 radical (unpaired) electrons. The summed E-state index contributed by atoms with van der Waals surface area (Å²) in [6.45, 7) is 3.54. The van der Waals surface area contributed by atoms with E-state index >= 15 is 0 Å². The Bertz CT molecular complexity index is 699. The molecule has 0 saturated carbocycles. The van der Waals surface area contributed by atoms with E-state index < -0.39 is 0 Å². The Labute approximate surface area is 127 Å². The highest BCUT2D eigenvalue weighted by atomic mass is 35.5. The fourth-order valence-electron chi connectivity index (χ4n) is 2.63. The van der Waals surface area contributed by atoms with Crippen LogP contribution >= 0.6 is 11.6 Å². The molecule has 1 aliphatic rings. The number of anilines is 1. The van der Waals surface area contributed by atoms with Gasteiger partial charge in [0.15, 0.2) is 0 Å². The third kappa shape index (κ3) is 2.64. The molecular formula is C14H15ClN4O2. The Hall–Kier alpha value is -1.92. The van der Waals surface area contributed by atoms with Crippen LogP contribution in [0.3, 0.4) is 0 Å². The highest BCUT2D eigenvalue weighted by Gasteiger charge is 2.21. The summed E-state index contributed by atoms with van der Waals surface area (Å²) in [7, 11) is 2.08. The smallest absolute Gasteiger partial charge is 0.277 e. The zero-order valence-electron chi connectivity index (χ0n) is 11.6. The number of aromatic nitrogens is 1. The van der Waals surface area contributed by atoms with Crippen LogP contribution in [0.5, 0.6) is 0 Å². The maximum Gasteiger partial charge on any atom is 0.277 e. The molecule has 0 unspecified atom stereocenters. The normalized spacial score (nSPS) is 16.4. The van der Waals surface area contributed by atoms with Gasteiger partial charge in [0, 0.05) is 37.6 Å². The van der Waals surface area contributed by atoms with Crippen LogP contribution in [0.4, 0.5) is 11.5 Å². The minimum absolute atomic E-state index is 0.0622. The standard InChI is InChI=1S/C14H15ClN4O2/c1-17-5-7-18(8-6-17)14-10-3-2-4-12(19(20)21)11(10)9-13(15)16-14/h2-4,9H,5-8H2,1H3. The molecule has 21 heavy (non-hydrogen) atoms. The topological polar surface area (TPSA) is 62.5 Å². The molecule has 0 bridgehead atoms. The van der Waals surface area contributed by atoms with Crippen LogP contribution in [0.15, 0.2) is 24.3 Å². The molecule has 0 amide bonds. The van der Waals surface area contributed by atoms with Crippen molar-refractivity contribution in [2.24, 2.45) is 0 Å². The lowest BCUT2D eigenvalue weighted by atomic mass is 10.1. The first kappa shape index (κ1) is 14.0. The number of hydrogen-bond acceptors (Lipinski definition) is 5. The van der Waals surface area contributed by atoms with Crippen LogP contribution in [0.1, 0.15) is 0 Å². The minimum Gasteiger partial charge on any atom is -0.353 e. The van der Waals surface area contributed by atoms with Gasteiger partial charge in [0.1, 0.15) is 11.0 Å². The zero-order valence-corrected chi connectivity index (χ0v) is 12.4. The molecule has 3 rings (SSSR count). The number of halogens is 1. The van der Waals surface area contributed by atoms with Gasteiger partial charge < -0.3 is 9.80 Å². The summed E-state index contributed by atoms with van der Waals surface area (Å²) in [4.78, 5) is 19.6. The van der Waals surface area contributed by atoms with Gasteiger partial charge in [-0.1, -0.05) is 23.7 Å². The van der Waals surface area contributed by atoms with Crippen molar-refractivity contribution in [3.63, 3.8) is 0 Å². The van der Waals surface area contributed by atoms with Gasteiger partial charge in [0.05, 0.1) is 10.3 Å². The number of benzene rings is 1. The molecule has 0 N–H and O–H groups in total. The van der Waals surface area contributed by atoms with Crippen LogP contribution < -0.4 is 4.90 Å². The minimum atomic E-state index is -0.383. The Balaban J connectivity index is 2.14. The van der Waals surface area contributed by atoms with Gasteiger partial charge in [0.2, 0.25) is 0 Å². The van der Waals surface area contributed by atoms with Crippen LogP contribution in [-0.4, -0.2) is 48.0 Å². The molecule has 1 fully saturated rings. The van der Waals surface area contributed by atoms with Crippen LogP contribution in [0.25, 0.3) is 10.8 Å². The number of nitro groups is 1. The monoisotopic (exact) mass is 306 g/mol. The summed E-state index contributed by atoms with van der Waals surface area (Å²) < 4.78 is 0. The lowest BCUT2D eigenvalue weighted by Gasteiger charge is -2.33. The number of nitrogens with zero attached hydrogens (tertiary/aromatic N) is 4. The molecule has 0 spiro atoms. The molecule has 2 heterocycles. The molecule has 1 aliphatic heterocycles. The molecule has 0 atom stereocenters. The molecular weight excluding hydrogens is 292 g/mol. The number of fused-ring (bicyclic) bond motifs is 1. The SMILES string of the molecule is CN1CCN(c2nc(Cl)cc3c([N+](=O)[O-])cccc23)CC1. The summed E-state index contributed by atoms with van der Waals surface area (Å²) in [5, 5.41) is 12.8. The highest BCUT2D eigenvalue weighted by Crippen LogP contribution is 2.33. The summed E-state index contributed by atoms with van der Waals surface area (Å²) in [5.41, 5.74) is 0.0622. The quantitative estimate of drug-likeness (QED) is 0.485. The van der Waals surface area contributed by atoms with E-state index in [2.05, 4.69) is 21.8 Å². The van der Waals surface area contributed by atoms with Crippen molar-refractivity contribution in [3.05, 3.63) is 39.5 Å². The molecule has 110 valence electrons. The fraction of sp³-hybridized carbons (Fsp3) is 0.357. The average molecular weight is 307 g/mol. The second-order valence-corrected chi connectivity index (χ2v) is 5.58. The summed E-state index contributed by atoms with van der Waals surface area (Å²) in [6, 6.07) is 6.61. The van der Waals surface area contributed by atoms with Crippen LogP contribution in [0, 0.1) is 10.1 Å². The second-order valence-electron chi connectivity index (χ2n) is 5.19. The Morgan fingerprint density at radius 2 is 1.95 bits per heavy atom. The molecule has 1 aromatic carbocycles. The first-order valence-corrected chi connectivity index (χ1v) is 7.11. The Morgan fingerprint density at radius 1 is 1.24 bits per heavy atom. The van der Waals surface area contributed by atoms with Gasteiger partial charge in [-0.2, -0.15) is 0 Å². The van der Waals surface area contributed by atoms with Gasteiger partial charge >= 0.3 is 0 Å². The van der Waals surface area contributed by atoms with Crippen molar-refractivity contribution >= 4 is 33.9 Å². The lowest BCUT2D eigenvalue weighted by Crippen LogP contribution is -2.44. The predicted octanol–water partition coefficient (Wildman–Crippen LogP) is 2.55. The van der Waals surface area contributed by atoms with Crippen molar-refractivity contribution in [1.29, 1.82) is 0 Å². The first-order valence-electron chi connectivity index (χ1n) is 6.73. The lowest BCUT2D eigenvalue weighted by molar-refractivity contribution is -0.383. The summed E-state index contributed by atoms with van der Waals surface area (Å²) in [6.07, 6.45) is 0. The van der Waals surface area contributed by atoms with E-state index in [4.69, 9.17) is 11.6 Å². The van der Waals surface area contributed by atoms with Gasteiger partial charge in [-0.05, 0) is 13.1 Å². The third-order valence-electron chi connectivity index (χ3n) is 3.80. The zero-order chi connectivity index (χ0) is 15.0. The van der Waals surface area contributed by atoms with E-state index in [0.717, 1.165) is 37.4 Å². The van der Waals surface area contributed by atoms with E-state index in [9.17, 15) is 10.1 Å². The van der Waals surface area contributed by atoms with Crippen molar-refractivity contribution in [2.75, 3.05) is 38.1 Å². The Morgan fingerprint density at radius 3 is 2.62 bits per heavy atom. The first-order chi connectivity index (χ1) is 10.1. The van der Waals surface area contributed by atoms with E-state index in [1.54, 1.807) is 12.1 Å². The second kappa shape index (κ2) is 5.46. The molecule has 1 saturated heterocycles. The van der Waals surface area contributed by atoms with Gasteiger partial charge in [-0.15, -0.1) is 0 Å². The molecule has 0 aliphatic carbocycles. The summed E-state index contributed by atoms with van der Waals surface area (Å²) >= 11 is 6.08. The third-order valence-corrected chi connectivity index (χ3v) is 3.99. The van der Waals surface area contributed by atoms with Crippen molar-refractivity contribution in [1.82, 2.24) is 9.88 Å². The van der Waals surface area contributed by atoms with E-state index in [1.165, 1.54) is 6.07 Å². The average Bonchev–Trinajstić information content (AvgIpc) is 2.46. The van der Waals surface area contributed by atoms with E-state index in [1.807, 2.05) is 6.07 Å². The van der Waals surface area contributed by atoms with Crippen molar-refractivity contribution in [3.8, 4) is 0 Å². The van der Waals surface area contributed by atoms with Gasteiger partial charge in [-0.25, -0.2) is 4.98 Å². The van der Waals surface area contributed by atoms with Crippen molar-refractivity contribution in [2.45, 2.75) is 0 Å². The summed E-state index contributed by atoms with van der Waals surface area (Å²) in [5.74, 6) is 0.731. The maximum atomic E-state index is 11.2. The van der Waals surface area contributed by atoms with E-state index in [-0.39, 0.29) is 15.8 Å².